The van der Waals surface area contributed by atoms with Gasteiger partial charge in [0.05, 0.1) is 6.61 Å². The average molecular weight is 140 g/mol. The summed E-state index contributed by atoms with van der Waals surface area (Å²) >= 11 is 0. The Kier molecular flexibility index (Phi) is 3.52. The molecule has 0 saturated heterocycles. The molecule has 10 heavy (non-hydrogen) atoms. The normalized spacial score (nSPS) is 21.1. The Bertz CT molecular complexity index is 116. The highest BCUT2D eigenvalue weighted by Crippen LogP contribution is 2.15. The molecule has 1 rings (SSSR count). The largest absolute Gasteiger partial charge is 0.392 e. The summed E-state index contributed by atoms with van der Waals surface area (Å²) in [7, 11) is 0. The van der Waals surface area contributed by atoms with Crippen molar-refractivity contribution in [1.82, 2.24) is 0 Å². The van der Waals surface area contributed by atoms with E-state index in [1.54, 1.807) is 0 Å². The number of hydrogen-bond donors (Lipinski definition) is 1. The Morgan fingerprint density at radius 1 is 1.20 bits per heavy atom. The molecule has 1 aliphatic carbocycles. The predicted molar refractivity (Wildman–Crippen MR) is 42.9 cm³/mol. The molecule has 0 amide bonds. The van der Waals surface area contributed by atoms with E-state index in [9.17, 15) is 0 Å². The van der Waals surface area contributed by atoms with Gasteiger partial charge >= 0.3 is 0 Å². The fraction of sp³-hybridized carbons (Fsp3) is 0.778. The summed E-state index contributed by atoms with van der Waals surface area (Å²) in [5, 5.41) is 8.84. The molecule has 0 aliphatic heterocycles. The zero-order valence-electron chi connectivity index (χ0n) is 6.47. The molecule has 0 saturated carbocycles. The fourth-order valence-corrected chi connectivity index (χ4v) is 1.40. The van der Waals surface area contributed by atoms with Crippen LogP contribution in [-0.2, 0) is 0 Å². The van der Waals surface area contributed by atoms with Crippen molar-refractivity contribution < 1.29 is 5.11 Å². The van der Waals surface area contributed by atoms with E-state index in [4.69, 9.17) is 5.11 Å². The van der Waals surface area contributed by atoms with Crippen LogP contribution < -0.4 is 0 Å². The smallest absolute Gasteiger partial charge is 0.0641 e. The molecule has 0 unspecified atom stereocenters. The highest BCUT2D eigenvalue weighted by molar-refractivity contribution is 5.02. The van der Waals surface area contributed by atoms with Crippen molar-refractivity contribution in [2.75, 3.05) is 6.61 Å². The van der Waals surface area contributed by atoms with Gasteiger partial charge in [-0.05, 0) is 31.3 Å². The first-order valence-electron chi connectivity index (χ1n) is 4.22. The van der Waals surface area contributed by atoms with Gasteiger partial charge < -0.3 is 5.11 Å². The highest BCUT2D eigenvalue weighted by Gasteiger charge is 1.99. The van der Waals surface area contributed by atoms with Crippen LogP contribution in [0, 0.1) is 0 Å². The molecule has 1 N–H and O–H groups in total. The van der Waals surface area contributed by atoms with Crippen LogP contribution in [-0.4, -0.2) is 11.7 Å². The summed E-state index contributed by atoms with van der Waals surface area (Å²) in [4.78, 5) is 0. The van der Waals surface area contributed by atoms with Gasteiger partial charge in [-0.3, -0.25) is 0 Å². The first-order valence-corrected chi connectivity index (χ1v) is 4.22. The summed E-state index contributed by atoms with van der Waals surface area (Å²) in [6.07, 6.45) is 9.80. The van der Waals surface area contributed by atoms with Crippen LogP contribution in [0.4, 0.5) is 0 Å². The van der Waals surface area contributed by atoms with Crippen LogP contribution in [0.2, 0.25) is 0 Å². The Morgan fingerprint density at radius 2 is 2.00 bits per heavy atom. The standard InChI is InChI=1S/C9H16O/c10-8-9-6-4-2-1-3-5-7-9/h6,10H,1-5,7-8H2. The summed E-state index contributed by atoms with van der Waals surface area (Å²) < 4.78 is 0. The summed E-state index contributed by atoms with van der Waals surface area (Å²) in [6, 6.07) is 0. The second-order valence-electron chi connectivity index (χ2n) is 2.97. The minimum absolute atomic E-state index is 0.278. The van der Waals surface area contributed by atoms with Gasteiger partial charge in [-0.25, -0.2) is 0 Å². The summed E-state index contributed by atoms with van der Waals surface area (Å²) in [5.41, 5.74) is 1.25. The van der Waals surface area contributed by atoms with E-state index in [1.165, 1.54) is 37.7 Å². The number of hydrogen-bond acceptors (Lipinski definition) is 1. The third-order valence-corrected chi connectivity index (χ3v) is 2.09. The van der Waals surface area contributed by atoms with Crippen LogP contribution in [0.15, 0.2) is 11.6 Å². The van der Waals surface area contributed by atoms with Gasteiger partial charge in [0.25, 0.3) is 0 Å². The van der Waals surface area contributed by atoms with Gasteiger partial charge in [-0.1, -0.05) is 18.9 Å². The van der Waals surface area contributed by atoms with E-state index in [-0.39, 0.29) is 6.61 Å². The zero-order chi connectivity index (χ0) is 7.23. The van der Waals surface area contributed by atoms with Gasteiger partial charge in [0.1, 0.15) is 0 Å². The fourth-order valence-electron chi connectivity index (χ4n) is 1.40. The topological polar surface area (TPSA) is 20.2 Å². The first kappa shape index (κ1) is 7.80. The molecule has 0 fully saturated rings. The second kappa shape index (κ2) is 4.51. The molecule has 0 bridgehead atoms. The van der Waals surface area contributed by atoms with Gasteiger partial charge in [0.2, 0.25) is 0 Å². The molecule has 0 aromatic rings. The van der Waals surface area contributed by atoms with Crippen LogP contribution in [0.25, 0.3) is 0 Å². The third kappa shape index (κ3) is 2.53. The molecular weight excluding hydrogens is 124 g/mol. The molecular formula is C9H16O. The van der Waals surface area contributed by atoms with Gasteiger partial charge in [-0.15, -0.1) is 0 Å². The third-order valence-electron chi connectivity index (χ3n) is 2.09. The molecule has 0 aromatic carbocycles. The van der Waals surface area contributed by atoms with Crippen LogP contribution in [0.5, 0.6) is 0 Å². The number of rotatable bonds is 1. The van der Waals surface area contributed by atoms with Crippen molar-refractivity contribution in [3.63, 3.8) is 0 Å². The van der Waals surface area contributed by atoms with E-state index in [2.05, 4.69) is 6.08 Å². The monoisotopic (exact) mass is 140 g/mol. The summed E-state index contributed by atoms with van der Waals surface area (Å²) in [6.45, 7) is 0.278. The Balaban J connectivity index is 2.35. The lowest BCUT2D eigenvalue weighted by Crippen LogP contribution is -1.94. The maximum atomic E-state index is 8.84. The van der Waals surface area contributed by atoms with E-state index < -0.39 is 0 Å². The second-order valence-corrected chi connectivity index (χ2v) is 2.97. The molecule has 1 nitrogen and oxygen atoms in total. The molecule has 1 heteroatoms. The SMILES string of the molecule is OCC1=CCCCCCC1. The van der Waals surface area contributed by atoms with E-state index in [0.29, 0.717) is 0 Å². The molecule has 1 aliphatic rings. The van der Waals surface area contributed by atoms with Crippen molar-refractivity contribution in [3.8, 4) is 0 Å². The molecule has 0 spiro atoms. The Labute approximate surface area is 62.8 Å². The first-order chi connectivity index (χ1) is 4.93. The number of allylic oxidation sites excluding steroid dienone is 1. The quantitative estimate of drug-likeness (QED) is 0.554. The Hall–Kier alpha value is -0.300. The maximum absolute atomic E-state index is 8.84. The van der Waals surface area contributed by atoms with Crippen molar-refractivity contribution in [3.05, 3.63) is 11.6 Å². The van der Waals surface area contributed by atoms with E-state index >= 15 is 0 Å². The minimum Gasteiger partial charge on any atom is -0.392 e. The Morgan fingerprint density at radius 3 is 2.80 bits per heavy atom. The molecule has 0 radical (unpaired) electrons. The van der Waals surface area contributed by atoms with Crippen molar-refractivity contribution in [2.45, 2.75) is 38.5 Å². The lowest BCUT2D eigenvalue weighted by Gasteiger charge is -2.07. The summed E-state index contributed by atoms with van der Waals surface area (Å²) in [5.74, 6) is 0. The lowest BCUT2D eigenvalue weighted by atomic mass is 10.0. The van der Waals surface area contributed by atoms with Crippen molar-refractivity contribution in [2.24, 2.45) is 0 Å². The van der Waals surface area contributed by atoms with Crippen molar-refractivity contribution in [1.29, 1.82) is 0 Å². The molecule has 58 valence electrons. The van der Waals surface area contributed by atoms with Gasteiger partial charge in [0, 0.05) is 0 Å². The zero-order valence-corrected chi connectivity index (χ0v) is 6.47. The van der Waals surface area contributed by atoms with Crippen molar-refractivity contribution >= 4 is 0 Å². The average Bonchev–Trinajstić information content (AvgIpc) is 1.87. The minimum atomic E-state index is 0.278. The van der Waals surface area contributed by atoms with Crippen LogP contribution in [0.3, 0.4) is 0 Å². The highest BCUT2D eigenvalue weighted by atomic mass is 16.3. The molecule has 0 heterocycles. The number of aliphatic hydroxyl groups excluding tert-OH is 1. The number of aliphatic hydroxyl groups is 1. The predicted octanol–water partition coefficient (Wildman–Crippen LogP) is 2.26. The van der Waals surface area contributed by atoms with Gasteiger partial charge in [0.15, 0.2) is 0 Å². The lowest BCUT2D eigenvalue weighted by molar-refractivity contribution is 0.323. The van der Waals surface area contributed by atoms with Gasteiger partial charge in [-0.2, -0.15) is 0 Å². The molecule has 0 atom stereocenters. The van der Waals surface area contributed by atoms with Crippen LogP contribution in [0.1, 0.15) is 38.5 Å². The molecule has 0 aromatic heterocycles. The maximum Gasteiger partial charge on any atom is 0.0641 e. The van der Waals surface area contributed by atoms with E-state index in [1.807, 2.05) is 0 Å². The van der Waals surface area contributed by atoms with Crippen LogP contribution >= 0.6 is 0 Å². The van der Waals surface area contributed by atoms with E-state index in [0.717, 1.165) is 6.42 Å².